The number of methoxy groups -OCH3 is 2. The molecule has 0 aliphatic rings. The molecular weight excluding hydrogens is 286 g/mol. The van der Waals surface area contributed by atoms with Gasteiger partial charge < -0.3 is 14.8 Å². The van der Waals surface area contributed by atoms with Crippen LogP contribution in [-0.2, 0) is 15.5 Å². The fourth-order valence-corrected chi connectivity index (χ4v) is 3.60. The van der Waals surface area contributed by atoms with Crippen molar-refractivity contribution in [1.82, 2.24) is 5.32 Å². The van der Waals surface area contributed by atoms with Crippen LogP contribution < -0.4 is 10.1 Å². The Balaban J connectivity index is 2.76. The SMILES string of the molecule is CCNC(c1ccc(OC)cc1)C(C)S(=O)CCCOC. The van der Waals surface area contributed by atoms with Gasteiger partial charge in [0.25, 0.3) is 0 Å². The van der Waals surface area contributed by atoms with Gasteiger partial charge in [-0.3, -0.25) is 4.21 Å². The Morgan fingerprint density at radius 2 is 1.90 bits per heavy atom. The summed E-state index contributed by atoms with van der Waals surface area (Å²) in [5.41, 5.74) is 1.14. The zero-order chi connectivity index (χ0) is 15.7. The lowest BCUT2D eigenvalue weighted by Gasteiger charge is -2.25. The third kappa shape index (κ3) is 5.77. The molecule has 0 aliphatic carbocycles. The highest BCUT2D eigenvalue weighted by molar-refractivity contribution is 7.85. The van der Waals surface area contributed by atoms with E-state index in [0.29, 0.717) is 12.4 Å². The molecule has 120 valence electrons. The van der Waals surface area contributed by atoms with Crippen molar-refractivity contribution in [2.24, 2.45) is 0 Å². The molecule has 0 bridgehead atoms. The summed E-state index contributed by atoms with van der Waals surface area (Å²) in [5, 5.41) is 3.49. The first-order valence-electron chi connectivity index (χ1n) is 7.37. The lowest BCUT2D eigenvalue weighted by atomic mass is 10.0. The molecule has 0 amide bonds. The minimum Gasteiger partial charge on any atom is -0.497 e. The number of hydrogen-bond donors (Lipinski definition) is 1. The molecule has 1 rings (SSSR count). The topological polar surface area (TPSA) is 47.6 Å². The largest absolute Gasteiger partial charge is 0.497 e. The van der Waals surface area contributed by atoms with E-state index in [9.17, 15) is 4.21 Å². The van der Waals surface area contributed by atoms with E-state index in [2.05, 4.69) is 12.2 Å². The van der Waals surface area contributed by atoms with E-state index in [0.717, 1.165) is 24.3 Å². The lowest BCUT2D eigenvalue weighted by molar-refractivity contribution is 0.200. The molecule has 0 aliphatic heterocycles. The van der Waals surface area contributed by atoms with E-state index in [4.69, 9.17) is 9.47 Å². The average molecular weight is 313 g/mol. The predicted molar refractivity (Wildman–Crippen MR) is 88.4 cm³/mol. The maximum atomic E-state index is 12.4. The van der Waals surface area contributed by atoms with E-state index in [1.807, 2.05) is 31.2 Å². The standard InChI is InChI=1S/C16H27NO3S/c1-5-17-16(13(2)21(18)12-6-11-19-3)14-7-9-15(20-4)10-8-14/h7-10,13,16-17H,5-6,11-12H2,1-4H3. The van der Waals surface area contributed by atoms with Crippen LogP contribution in [0.1, 0.15) is 31.9 Å². The molecule has 3 atom stereocenters. The van der Waals surface area contributed by atoms with E-state index in [-0.39, 0.29) is 11.3 Å². The maximum absolute atomic E-state index is 12.4. The van der Waals surface area contributed by atoms with Crippen LogP contribution in [-0.4, -0.2) is 42.6 Å². The average Bonchev–Trinajstić information content (AvgIpc) is 2.52. The van der Waals surface area contributed by atoms with Gasteiger partial charge in [0.2, 0.25) is 0 Å². The van der Waals surface area contributed by atoms with E-state index in [1.54, 1.807) is 14.2 Å². The first kappa shape index (κ1) is 18.1. The van der Waals surface area contributed by atoms with Crippen LogP contribution in [0.25, 0.3) is 0 Å². The summed E-state index contributed by atoms with van der Waals surface area (Å²) in [5.74, 6) is 1.51. The third-order valence-corrected chi connectivity index (χ3v) is 5.27. The fourth-order valence-electron chi connectivity index (χ4n) is 2.27. The molecule has 3 unspecified atom stereocenters. The number of hydrogen-bond acceptors (Lipinski definition) is 4. The molecule has 0 radical (unpaired) electrons. The minimum atomic E-state index is -0.879. The first-order valence-corrected chi connectivity index (χ1v) is 8.75. The van der Waals surface area contributed by atoms with E-state index in [1.165, 1.54) is 0 Å². The van der Waals surface area contributed by atoms with Gasteiger partial charge in [-0.1, -0.05) is 19.1 Å². The molecule has 4 nitrogen and oxygen atoms in total. The quantitative estimate of drug-likeness (QED) is 0.674. The second-order valence-corrected chi connectivity index (χ2v) is 6.86. The molecule has 0 saturated carbocycles. The summed E-state index contributed by atoms with van der Waals surface area (Å²) < 4.78 is 22.6. The Labute approximate surface area is 130 Å². The van der Waals surface area contributed by atoms with Gasteiger partial charge in [-0.15, -0.1) is 0 Å². The maximum Gasteiger partial charge on any atom is 0.118 e. The van der Waals surface area contributed by atoms with Gasteiger partial charge >= 0.3 is 0 Å². The second-order valence-electron chi connectivity index (χ2n) is 4.94. The smallest absolute Gasteiger partial charge is 0.118 e. The summed E-state index contributed by atoms with van der Waals surface area (Å²) in [7, 11) is 2.45. The zero-order valence-electron chi connectivity index (χ0n) is 13.4. The highest BCUT2D eigenvalue weighted by Gasteiger charge is 2.23. The van der Waals surface area contributed by atoms with Crippen molar-refractivity contribution in [1.29, 1.82) is 0 Å². The summed E-state index contributed by atoms with van der Waals surface area (Å²) in [4.78, 5) is 0. The molecular formula is C16H27NO3S. The van der Waals surface area contributed by atoms with Gasteiger partial charge in [-0.05, 0) is 37.6 Å². The van der Waals surface area contributed by atoms with Crippen molar-refractivity contribution in [3.05, 3.63) is 29.8 Å². The Morgan fingerprint density at radius 1 is 1.24 bits per heavy atom. The summed E-state index contributed by atoms with van der Waals surface area (Å²) in [6.07, 6.45) is 0.828. The summed E-state index contributed by atoms with van der Waals surface area (Å²) in [6.45, 7) is 5.61. The minimum absolute atomic E-state index is 0.0511. The summed E-state index contributed by atoms with van der Waals surface area (Å²) in [6, 6.07) is 8.05. The van der Waals surface area contributed by atoms with E-state index < -0.39 is 10.8 Å². The molecule has 0 saturated heterocycles. The predicted octanol–water partition coefficient (Wildman–Crippen LogP) is 2.52. The Hall–Kier alpha value is -0.910. The van der Waals surface area contributed by atoms with Crippen LogP contribution in [0.15, 0.2) is 24.3 Å². The number of benzene rings is 1. The molecule has 1 aromatic carbocycles. The Bertz CT molecular complexity index is 422. The monoisotopic (exact) mass is 313 g/mol. The van der Waals surface area contributed by atoms with Crippen molar-refractivity contribution in [3.8, 4) is 5.75 Å². The van der Waals surface area contributed by atoms with Crippen LogP contribution >= 0.6 is 0 Å². The number of rotatable bonds is 10. The lowest BCUT2D eigenvalue weighted by Crippen LogP contribution is -2.33. The Kier molecular flexibility index (Phi) is 8.57. The molecule has 0 aromatic heterocycles. The molecule has 5 heteroatoms. The zero-order valence-corrected chi connectivity index (χ0v) is 14.2. The van der Waals surface area contributed by atoms with Crippen LogP contribution in [0.5, 0.6) is 5.75 Å². The fraction of sp³-hybridized carbons (Fsp3) is 0.625. The van der Waals surface area contributed by atoms with Crippen molar-refractivity contribution >= 4 is 10.8 Å². The van der Waals surface area contributed by atoms with Gasteiger partial charge in [0.1, 0.15) is 5.75 Å². The van der Waals surface area contributed by atoms with Gasteiger partial charge in [-0.2, -0.15) is 0 Å². The summed E-state index contributed by atoms with van der Waals surface area (Å²) >= 11 is 0. The van der Waals surface area contributed by atoms with E-state index >= 15 is 0 Å². The van der Waals surface area contributed by atoms with Crippen LogP contribution in [0, 0.1) is 0 Å². The van der Waals surface area contributed by atoms with Gasteiger partial charge in [0.05, 0.1) is 12.4 Å². The van der Waals surface area contributed by atoms with Crippen molar-refractivity contribution in [2.75, 3.05) is 33.1 Å². The highest BCUT2D eigenvalue weighted by atomic mass is 32.2. The molecule has 21 heavy (non-hydrogen) atoms. The molecule has 0 heterocycles. The molecule has 0 spiro atoms. The number of ether oxygens (including phenoxy) is 2. The van der Waals surface area contributed by atoms with Gasteiger partial charge in [-0.25, -0.2) is 0 Å². The number of nitrogens with one attached hydrogen (secondary N) is 1. The first-order chi connectivity index (χ1) is 10.1. The van der Waals surface area contributed by atoms with Crippen molar-refractivity contribution in [3.63, 3.8) is 0 Å². The molecule has 0 fully saturated rings. The van der Waals surface area contributed by atoms with Crippen molar-refractivity contribution < 1.29 is 13.7 Å². The second kappa shape index (κ2) is 9.92. The van der Waals surface area contributed by atoms with Crippen molar-refractivity contribution in [2.45, 2.75) is 31.6 Å². The van der Waals surface area contributed by atoms with Gasteiger partial charge in [0, 0.05) is 36.3 Å². The third-order valence-electron chi connectivity index (χ3n) is 3.48. The van der Waals surface area contributed by atoms with Crippen LogP contribution in [0.3, 0.4) is 0 Å². The highest BCUT2D eigenvalue weighted by Crippen LogP contribution is 2.23. The molecule has 1 aromatic rings. The van der Waals surface area contributed by atoms with Crippen LogP contribution in [0.4, 0.5) is 0 Å². The Morgan fingerprint density at radius 3 is 2.43 bits per heavy atom. The van der Waals surface area contributed by atoms with Crippen LogP contribution in [0.2, 0.25) is 0 Å². The molecule has 1 N–H and O–H groups in total. The normalized spacial score (nSPS) is 15.4. The van der Waals surface area contributed by atoms with Gasteiger partial charge in [0.15, 0.2) is 0 Å².